The minimum atomic E-state index is 0.455. The van der Waals surface area contributed by atoms with Crippen LogP contribution in [-0.4, -0.2) is 33.1 Å². The van der Waals surface area contributed by atoms with E-state index in [1.807, 2.05) is 6.92 Å². The number of hydrogen-bond acceptors (Lipinski definition) is 3. The summed E-state index contributed by atoms with van der Waals surface area (Å²) < 4.78 is 10.3. The maximum Gasteiger partial charge on any atom is 0.146 e. The lowest BCUT2D eigenvalue weighted by atomic mass is 10.1. The van der Waals surface area contributed by atoms with Gasteiger partial charge in [-0.1, -0.05) is 0 Å². The van der Waals surface area contributed by atoms with Gasteiger partial charge in [-0.15, -0.1) is 0 Å². The highest BCUT2D eigenvalue weighted by molar-refractivity contribution is 4.70. The third kappa shape index (κ3) is 4.04. The van der Waals surface area contributed by atoms with Gasteiger partial charge in [0.2, 0.25) is 0 Å². The van der Waals surface area contributed by atoms with Gasteiger partial charge < -0.3 is 14.8 Å². The van der Waals surface area contributed by atoms with E-state index in [0.717, 1.165) is 25.7 Å². The molecule has 72 valence electrons. The summed E-state index contributed by atoms with van der Waals surface area (Å²) in [6.07, 6.45) is 2.47. The van der Waals surface area contributed by atoms with Gasteiger partial charge in [-0.25, -0.2) is 0 Å². The van der Waals surface area contributed by atoms with Crippen LogP contribution in [0.2, 0.25) is 0 Å². The Morgan fingerprint density at radius 3 is 3.00 bits per heavy atom. The zero-order valence-corrected chi connectivity index (χ0v) is 7.84. The fourth-order valence-electron chi connectivity index (χ4n) is 1.41. The first-order valence-electron chi connectivity index (χ1n) is 4.79. The van der Waals surface area contributed by atoms with Gasteiger partial charge in [-0.3, -0.25) is 0 Å². The Hall–Kier alpha value is -0.120. The fraction of sp³-hybridized carbons (Fsp3) is 1.00. The van der Waals surface area contributed by atoms with Crippen molar-refractivity contribution in [3.05, 3.63) is 0 Å². The quantitative estimate of drug-likeness (QED) is 0.480. The monoisotopic (exact) mass is 173 g/mol. The predicted octanol–water partition coefficient (Wildman–Crippen LogP) is 0.997. The molecule has 1 heterocycles. The lowest BCUT2D eigenvalue weighted by Crippen LogP contribution is -2.11. The first-order chi connectivity index (χ1) is 5.93. The predicted molar refractivity (Wildman–Crippen MR) is 48.0 cm³/mol. The number of ether oxygens (including phenoxy) is 2. The Bertz CT molecular complexity index is 103. The van der Waals surface area contributed by atoms with Crippen molar-refractivity contribution in [1.29, 1.82) is 0 Å². The highest BCUT2D eigenvalue weighted by Gasteiger charge is 2.13. The molecule has 0 saturated carbocycles. The number of rotatable bonds is 6. The summed E-state index contributed by atoms with van der Waals surface area (Å²) in [5.74, 6) is 0.826. The van der Waals surface area contributed by atoms with E-state index in [4.69, 9.17) is 9.47 Å². The summed E-state index contributed by atoms with van der Waals surface area (Å²) in [6.45, 7) is 6.35. The van der Waals surface area contributed by atoms with Crippen LogP contribution in [0.4, 0.5) is 0 Å². The number of hydrogen-bond donors (Lipinski definition) is 1. The second-order valence-corrected chi connectivity index (χ2v) is 3.17. The molecule has 1 unspecified atom stereocenters. The summed E-state index contributed by atoms with van der Waals surface area (Å²) in [7, 11) is 0. The first-order valence-corrected chi connectivity index (χ1v) is 4.79. The van der Waals surface area contributed by atoms with Crippen LogP contribution in [0.1, 0.15) is 19.8 Å². The number of nitrogens with one attached hydrogen (secondary N) is 1. The van der Waals surface area contributed by atoms with E-state index in [2.05, 4.69) is 5.32 Å². The maximum atomic E-state index is 5.29. The van der Waals surface area contributed by atoms with E-state index >= 15 is 0 Å². The lowest BCUT2D eigenvalue weighted by molar-refractivity contribution is -0.0522. The normalized spacial score (nSPS) is 23.2. The molecule has 1 rings (SSSR count). The third-order valence-electron chi connectivity index (χ3n) is 2.20. The maximum absolute atomic E-state index is 5.29. The van der Waals surface area contributed by atoms with Gasteiger partial charge in [0.1, 0.15) is 6.79 Å². The minimum Gasteiger partial charge on any atom is -0.356 e. The van der Waals surface area contributed by atoms with Crippen LogP contribution in [0.5, 0.6) is 0 Å². The standard InChI is InChI=1S/C9H19NO2/c1-2-11-8-12-6-4-9-3-5-10-7-9/h9-10H,2-8H2,1H3. The Labute approximate surface area is 74.4 Å². The second kappa shape index (κ2) is 6.40. The van der Waals surface area contributed by atoms with Crippen LogP contribution < -0.4 is 5.32 Å². The Balaban J connectivity index is 1.81. The molecule has 0 radical (unpaired) electrons. The van der Waals surface area contributed by atoms with Crippen molar-refractivity contribution in [2.24, 2.45) is 5.92 Å². The van der Waals surface area contributed by atoms with E-state index in [1.54, 1.807) is 0 Å². The van der Waals surface area contributed by atoms with Gasteiger partial charge in [0.05, 0.1) is 0 Å². The fourth-order valence-corrected chi connectivity index (χ4v) is 1.41. The molecule has 0 aromatic rings. The molecule has 0 spiro atoms. The minimum absolute atomic E-state index is 0.455. The van der Waals surface area contributed by atoms with Gasteiger partial charge in [-0.05, 0) is 38.8 Å². The highest BCUT2D eigenvalue weighted by atomic mass is 16.7. The van der Waals surface area contributed by atoms with Crippen LogP contribution in [0.3, 0.4) is 0 Å². The molecule has 0 bridgehead atoms. The first kappa shape index (κ1) is 9.96. The van der Waals surface area contributed by atoms with Crippen molar-refractivity contribution in [2.75, 3.05) is 33.1 Å². The molecular formula is C9H19NO2. The van der Waals surface area contributed by atoms with Crippen LogP contribution in [-0.2, 0) is 9.47 Å². The molecule has 1 N–H and O–H groups in total. The molecule has 12 heavy (non-hydrogen) atoms. The molecule has 0 aromatic carbocycles. The van der Waals surface area contributed by atoms with Crippen molar-refractivity contribution in [2.45, 2.75) is 19.8 Å². The molecule has 1 atom stereocenters. The molecule has 0 amide bonds. The SMILES string of the molecule is CCOCOCCC1CCNC1. The molecule has 0 aliphatic carbocycles. The Kier molecular flexibility index (Phi) is 5.32. The zero-order chi connectivity index (χ0) is 8.65. The molecule has 0 aromatic heterocycles. The molecule has 1 aliphatic heterocycles. The van der Waals surface area contributed by atoms with Crippen molar-refractivity contribution >= 4 is 0 Å². The van der Waals surface area contributed by atoms with Gasteiger partial charge in [0.15, 0.2) is 0 Å². The van der Waals surface area contributed by atoms with Gasteiger partial charge >= 0.3 is 0 Å². The van der Waals surface area contributed by atoms with Crippen molar-refractivity contribution in [1.82, 2.24) is 5.32 Å². The average Bonchev–Trinajstić information content (AvgIpc) is 2.57. The molecule has 1 saturated heterocycles. The summed E-state index contributed by atoms with van der Waals surface area (Å²) in [5, 5.41) is 3.34. The summed E-state index contributed by atoms with van der Waals surface area (Å²) in [4.78, 5) is 0. The topological polar surface area (TPSA) is 30.5 Å². The summed E-state index contributed by atoms with van der Waals surface area (Å²) in [6, 6.07) is 0. The molecule has 1 aliphatic rings. The molecule has 3 nitrogen and oxygen atoms in total. The summed E-state index contributed by atoms with van der Waals surface area (Å²) >= 11 is 0. The zero-order valence-electron chi connectivity index (χ0n) is 7.84. The lowest BCUT2D eigenvalue weighted by Gasteiger charge is -2.08. The van der Waals surface area contributed by atoms with Crippen molar-refractivity contribution < 1.29 is 9.47 Å². The second-order valence-electron chi connectivity index (χ2n) is 3.17. The third-order valence-corrected chi connectivity index (χ3v) is 2.20. The summed E-state index contributed by atoms with van der Waals surface area (Å²) in [5.41, 5.74) is 0. The Morgan fingerprint density at radius 2 is 2.33 bits per heavy atom. The van der Waals surface area contributed by atoms with Crippen LogP contribution in [0, 0.1) is 5.92 Å². The average molecular weight is 173 g/mol. The van der Waals surface area contributed by atoms with Gasteiger partial charge in [0.25, 0.3) is 0 Å². The molecule has 1 fully saturated rings. The Morgan fingerprint density at radius 1 is 1.42 bits per heavy atom. The van der Waals surface area contributed by atoms with Gasteiger partial charge in [-0.2, -0.15) is 0 Å². The van der Waals surface area contributed by atoms with Gasteiger partial charge in [0, 0.05) is 13.2 Å². The van der Waals surface area contributed by atoms with Crippen LogP contribution in [0.25, 0.3) is 0 Å². The van der Waals surface area contributed by atoms with E-state index in [-0.39, 0.29) is 0 Å². The van der Waals surface area contributed by atoms with Crippen LogP contribution in [0.15, 0.2) is 0 Å². The van der Waals surface area contributed by atoms with E-state index in [0.29, 0.717) is 6.79 Å². The van der Waals surface area contributed by atoms with Crippen molar-refractivity contribution in [3.8, 4) is 0 Å². The smallest absolute Gasteiger partial charge is 0.146 e. The molecular weight excluding hydrogens is 154 g/mol. The highest BCUT2D eigenvalue weighted by Crippen LogP contribution is 2.11. The van der Waals surface area contributed by atoms with E-state index in [1.165, 1.54) is 19.4 Å². The molecule has 3 heteroatoms. The largest absolute Gasteiger partial charge is 0.356 e. The van der Waals surface area contributed by atoms with E-state index in [9.17, 15) is 0 Å². The van der Waals surface area contributed by atoms with Crippen molar-refractivity contribution in [3.63, 3.8) is 0 Å². The van der Waals surface area contributed by atoms with Crippen LogP contribution >= 0.6 is 0 Å². The van der Waals surface area contributed by atoms with E-state index < -0.39 is 0 Å².